The molecular formula is C15H26N2. The van der Waals surface area contributed by atoms with E-state index in [2.05, 4.69) is 17.9 Å². The molecule has 0 aliphatic heterocycles. The zero-order valence-electron chi connectivity index (χ0n) is 11.2. The molecule has 2 unspecified atom stereocenters. The van der Waals surface area contributed by atoms with E-state index >= 15 is 0 Å². The molecular weight excluding hydrogens is 208 g/mol. The molecule has 0 saturated heterocycles. The van der Waals surface area contributed by atoms with Gasteiger partial charge in [0.1, 0.15) is 0 Å². The maximum absolute atomic E-state index is 9.39. The molecule has 2 heteroatoms. The third-order valence-electron chi connectivity index (χ3n) is 4.36. The monoisotopic (exact) mass is 234 g/mol. The van der Waals surface area contributed by atoms with Crippen molar-refractivity contribution in [2.75, 3.05) is 6.54 Å². The SMILES string of the molecule is CCCCN(C1CC1)C1CCCCCC1C#N. The summed E-state index contributed by atoms with van der Waals surface area (Å²) in [7, 11) is 0. The second-order valence-corrected chi connectivity index (χ2v) is 5.76. The van der Waals surface area contributed by atoms with Crippen molar-refractivity contribution < 1.29 is 0 Å². The first kappa shape index (κ1) is 12.9. The quantitative estimate of drug-likeness (QED) is 0.678. The van der Waals surface area contributed by atoms with Crippen molar-refractivity contribution in [3.8, 4) is 6.07 Å². The van der Waals surface area contributed by atoms with Gasteiger partial charge in [-0.2, -0.15) is 5.26 Å². The first-order chi connectivity index (χ1) is 8.36. The standard InChI is InChI=1S/C15H26N2/c1-2-3-11-17(14-9-10-14)15-8-6-4-5-7-13(15)12-16/h13-15H,2-11H2,1H3. The predicted molar refractivity (Wildman–Crippen MR) is 70.6 cm³/mol. The minimum absolute atomic E-state index is 0.301. The smallest absolute Gasteiger partial charge is 0.0672 e. The van der Waals surface area contributed by atoms with E-state index in [4.69, 9.17) is 0 Å². The number of nitrogens with zero attached hydrogens (tertiary/aromatic N) is 2. The van der Waals surface area contributed by atoms with Crippen LogP contribution in [0.2, 0.25) is 0 Å². The molecule has 0 aromatic carbocycles. The minimum atomic E-state index is 0.301. The van der Waals surface area contributed by atoms with Crippen LogP contribution in [0.3, 0.4) is 0 Å². The van der Waals surface area contributed by atoms with Crippen LogP contribution in [0.15, 0.2) is 0 Å². The van der Waals surface area contributed by atoms with Crippen LogP contribution in [0, 0.1) is 17.2 Å². The van der Waals surface area contributed by atoms with Crippen LogP contribution in [0.5, 0.6) is 0 Å². The lowest BCUT2D eigenvalue weighted by molar-refractivity contribution is 0.142. The molecule has 0 aromatic heterocycles. The Kier molecular flexibility index (Phi) is 4.86. The Morgan fingerprint density at radius 1 is 1.12 bits per heavy atom. The Hall–Kier alpha value is -0.550. The molecule has 2 saturated carbocycles. The molecule has 96 valence electrons. The molecule has 0 spiro atoms. The molecule has 0 bridgehead atoms. The van der Waals surface area contributed by atoms with Crippen LogP contribution in [-0.4, -0.2) is 23.5 Å². The lowest BCUT2D eigenvalue weighted by Crippen LogP contribution is -2.42. The summed E-state index contributed by atoms with van der Waals surface area (Å²) < 4.78 is 0. The second kappa shape index (κ2) is 6.40. The Bertz CT molecular complexity index is 265. The largest absolute Gasteiger partial charge is 0.296 e. The van der Waals surface area contributed by atoms with E-state index in [0.29, 0.717) is 12.0 Å². The molecule has 17 heavy (non-hydrogen) atoms. The topological polar surface area (TPSA) is 27.0 Å². The average molecular weight is 234 g/mol. The number of nitriles is 1. The maximum Gasteiger partial charge on any atom is 0.0672 e. The molecule has 2 rings (SSSR count). The number of hydrogen-bond donors (Lipinski definition) is 0. The van der Waals surface area contributed by atoms with E-state index < -0.39 is 0 Å². The Morgan fingerprint density at radius 3 is 2.53 bits per heavy atom. The molecule has 2 atom stereocenters. The zero-order chi connectivity index (χ0) is 12.1. The van der Waals surface area contributed by atoms with E-state index in [9.17, 15) is 5.26 Å². The van der Waals surface area contributed by atoms with Crippen LogP contribution < -0.4 is 0 Å². The van der Waals surface area contributed by atoms with Gasteiger partial charge in [0.05, 0.1) is 12.0 Å². The van der Waals surface area contributed by atoms with Gasteiger partial charge in [0, 0.05) is 12.1 Å². The number of hydrogen-bond acceptors (Lipinski definition) is 2. The van der Waals surface area contributed by atoms with Crippen LogP contribution >= 0.6 is 0 Å². The Labute approximate surface area is 106 Å². The van der Waals surface area contributed by atoms with Crippen molar-refractivity contribution in [1.82, 2.24) is 4.90 Å². The Morgan fingerprint density at radius 2 is 1.88 bits per heavy atom. The van der Waals surface area contributed by atoms with Gasteiger partial charge >= 0.3 is 0 Å². The van der Waals surface area contributed by atoms with E-state index in [0.717, 1.165) is 12.5 Å². The summed E-state index contributed by atoms with van der Waals surface area (Å²) >= 11 is 0. The van der Waals surface area contributed by atoms with Gasteiger partial charge in [0.25, 0.3) is 0 Å². The first-order valence-electron chi connectivity index (χ1n) is 7.52. The van der Waals surface area contributed by atoms with Gasteiger partial charge < -0.3 is 0 Å². The fraction of sp³-hybridized carbons (Fsp3) is 0.933. The molecule has 2 aliphatic rings. The van der Waals surface area contributed by atoms with Gasteiger partial charge in [0.15, 0.2) is 0 Å². The van der Waals surface area contributed by atoms with Crippen molar-refractivity contribution >= 4 is 0 Å². The highest BCUT2D eigenvalue weighted by Crippen LogP contribution is 2.35. The molecule has 0 heterocycles. The number of unbranched alkanes of at least 4 members (excludes halogenated alkanes) is 1. The van der Waals surface area contributed by atoms with Crippen LogP contribution in [0.25, 0.3) is 0 Å². The molecule has 0 aromatic rings. The molecule has 0 amide bonds. The summed E-state index contributed by atoms with van der Waals surface area (Å²) in [5.74, 6) is 0.301. The lowest BCUT2D eigenvalue weighted by Gasteiger charge is -2.33. The van der Waals surface area contributed by atoms with Crippen molar-refractivity contribution in [3.05, 3.63) is 0 Å². The van der Waals surface area contributed by atoms with Crippen molar-refractivity contribution in [3.63, 3.8) is 0 Å². The highest BCUT2D eigenvalue weighted by molar-refractivity contribution is 4.98. The highest BCUT2D eigenvalue weighted by atomic mass is 15.2. The molecule has 2 nitrogen and oxygen atoms in total. The summed E-state index contributed by atoms with van der Waals surface area (Å²) in [5.41, 5.74) is 0. The molecule has 0 radical (unpaired) electrons. The average Bonchev–Trinajstić information content (AvgIpc) is 3.16. The molecule has 0 N–H and O–H groups in total. The Balaban J connectivity index is 2.00. The van der Waals surface area contributed by atoms with Gasteiger partial charge in [-0.25, -0.2) is 0 Å². The van der Waals surface area contributed by atoms with Gasteiger partial charge in [-0.3, -0.25) is 4.90 Å². The van der Waals surface area contributed by atoms with Crippen molar-refractivity contribution in [1.29, 1.82) is 5.26 Å². The lowest BCUT2D eigenvalue weighted by atomic mass is 9.94. The normalized spacial score (nSPS) is 29.9. The van der Waals surface area contributed by atoms with Crippen LogP contribution in [0.1, 0.15) is 64.7 Å². The fourth-order valence-electron chi connectivity index (χ4n) is 3.20. The second-order valence-electron chi connectivity index (χ2n) is 5.76. The summed E-state index contributed by atoms with van der Waals surface area (Å²) in [6.45, 7) is 3.49. The van der Waals surface area contributed by atoms with Crippen LogP contribution in [0.4, 0.5) is 0 Å². The minimum Gasteiger partial charge on any atom is -0.296 e. The van der Waals surface area contributed by atoms with Crippen molar-refractivity contribution in [2.24, 2.45) is 5.92 Å². The predicted octanol–water partition coefficient (Wildman–Crippen LogP) is 3.72. The van der Waals surface area contributed by atoms with Gasteiger partial charge in [-0.1, -0.05) is 32.6 Å². The zero-order valence-corrected chi connectivity index (χ0v) is 11.2. The summed E-state index contributed by atoms with van der Waals surface area (Å²) in [6.07, 6.45) is 11.6. The first-order valence-corrected chi connectivity index (χ1v) is 7.52. The fourth-order valence-corrected chi connectivity index (χ4v) is 3.20. The summed E-state index contributed by atoms with van der Waals surface area (Å²) in [4.78, 5) is 2.70. The van der Waals surface area contributed by atoms with E-state index in [1.165, 1.54) is 57.9 Å². The summed E-state index contributed by atoms with van der Waals surface area (Å²) in [6, 6.07) is 3.98. The number of rotatable bonds is 5. The molecule has 2 aliphatic carbocycles. The third-order valence-corrected chi connectivity index (χ3v) is 4.36. The van der Waals surface area contributed by atoms with E-state index in [1.54, 1.807) is 0 Å². The van der Waals surface area contributed by atoms with Gasteiger partial charge in [-0.15, -0.1) is 0 Å². The third kappa shape index (κ3) is 3.45. The van der Waals surface area contributed by atoms with E-state index in [1.807, 2.05) is 0 Å². The molecule has 2 fully saturated rings. The van der Waals surface area contributed by atoms with Crippen LogP contribution in [-0.2, 0) is 0 Å². The highest BCUT2D eigenvalue weighted by Gasteiger charge is 2.37. The van der Waals surface area contributed by atoms with Gasteiger partial charge in [0.2, 0.25) is 0 Å². The van der Waals surface area contributed by atoms with Crippen molar-refractivity contribution in [2.45, 2.75) is 76.8 Å². The maximum atomic E-state index is 9.39. The van der Waals surface area contributed by atoms with Gasteiger partial charge in [-0.05, 0) is 38.6 Å². The summed E-state index contributed by atoms with van der Waals surface area (Å²) in [5, 5.41) is 9.39. The van der Waals surface area contributed by atoms with E-state index in [-0.39, 0.29) is 0 Å².